The molecule has 2 rings (SSSR count). The normalized spacial score (nSPS) is 10.1. The van der Waals surface area contributed by atoms with Crippen molar-refractivity contribution in [3.05, 3.63) is 35.5 Å². The summed E-state index contributed by atoms with van der Waals surface area (Å²) >= 11 is 0. The number of nitrogens with zero attached hydrogens (tertiary/aromatic N) is 1. The topological polar surface area (TPSA) is 22.0 Å². The van der Waals surface area contributed by atoms with Crippen molar-refractivity contribution in [2.45, 2.75) is 40.5 Å². The lowest BCUT2D eigenvalue weighted by Gasteiger charge is -2.02. The minimum atomic E-state index is 0.147. The number of ketones is 1. The first kappa shape index (κ1) is 14.5. The maximum absolute atomic E-state index is 11.6. The van der Waals surface area contributed by atoms with Crippen molar-refractivity contribution in [2.24, 2.45) is 7.05 Å². The highest BCUT2D eigenvalue weighted by molar-refractivity contribution is 6.07. The van der Waals surface area contributed by atoms with Gasteiger partial charge in [0.05, 0.1) is 0 Å². The Hall–Kier alpha value is -1.57. The summed E-state index contributed by atoms with van der Waals surface area (Å²) in [5, 5.41) is 1.14. The number of carbonyl (C=O) groups excluding carboxylic acids is 1. The highest BCUT2D eigenvalue weighted by atomic mass is 16.1. The first-order chi connectivity index (χ1) is 8.65. The fourth-order valence-electron chi connectivity index (χ4n) is 2.29. The number of hydrogen-bond acceptors (Lipinski definition) is 1. The third kappa shape index (κ3) is 2.63. The summed E-state index contributed by atoms with van der Waals surface area (Å²) in [5.41, 5.74) is 3.28. The summed E-state index contributed by atoms with van der Waals surface area (Å²) in [6.45, 7) is 7.80. The fourth-order valence-corrected chi connectivity index (χ4v) is 2.29. The minimum Gasteiger partial charge on any atom is -0.350 e. The number of fused-ring (bicyclic) bond motifs is 1. The molecule has 2 heteroatoms. The van der Waals surface area contributed by atoms with Crippen molar-refractivity contribution in [3.8, 4) is 0 Å². The van der Waals surface area contributed by atoms with E-state index in [1.165, 1.54) is 5.56 Å². The Balaban J connectivity index is 0.000000771. The summed E-state index contributed by atoms with van der Waals surface area (Å²) < 4.78 is 2.10. The first-order valence-electron chi connectivity index (χ1n) is 6.73. The van der Waals surface area contributed by atoms with Crippen LogP contribution in [0.4, 0.5) is 0 Å². The number of rotatable bonds is 3. The van der Waals surface area contributed by atoms with E-state index < -0.39 is 0 Å². The average Bonchev–Trinajstić information content (AvgIpc) is 2.69. The molecule has 0 spiro atoms. The van der Waals surface area contributed by atoms with Crippen molar-refractivity contribution in [3.63, 3.8) is 0 Å². The van der Waals surface area contributed by atoms with E-state index in [0.717, 1.165) is 29.3 Å². The second kappa shape index (κ2) is 6.39. The van der Waals surface area contributed by atoms with E-state index in [4.69, 9.17) is 0 Å². The molecular weight excluding hydrogens is 222 g/mol. The molecule has 0 saturated carbocycles. The highest BCUT2D eigenvalue weighted by Gasteiger charge is 2.12. The van der Waals surface area contributed by atoms with Gasteiger partial charge in [0.15, 0.2) is 5.78 Å². The van der Waals surface area contributed by atoms with Crippen LogP contribution in [0.5, 0.6) is 0 Å². The van der Waals surface area contributed by atoms with Gasteiger partial charge in [0.2, 0.25) is 0 Å². The number of aromatic nitrogens is 1. The predicted molar refractivity (Wildman–Crippen MR) is 78.3 cm³/mol. The van der Waals surface area contributed by atoms with Crippen LogP contribution in [0.3, 0.4) is 0 Å². The van der Waals surface area contributed by atoms with E-state index in [2.05, 4.69) is 23.8 Å². The molecule has 0 unspecified atom stereocenters. The number of benzene rings is 1. The lowest BCUT2D eigenvalue weighted by Crippen LogP contribution is -1.94. The summed E-state index contributed by atoms with van der Waals surface area (Å²) in [4.78, 5) is 11.6. The average molecular weight is 245 g/mol. The number of Topliss-reactive ketones (excluding diaryl/α,β-unsaturated/α-hetero) is 1. The van der Waals surface area contributed by atoms with E-state index in [9.17, 15) is 4.79 Å². The molecule has 0 N–H and O–H groups in total. The SMILES string of the molecule is CC.CCCc1cn(C)c2cccc(C(C)=O)c12. The van der Waals surface area contributed by atoms with Gasteiger partial charge in [-0.1, -0.05) is 39.3 Å². The molecular formula is C16H23NO. The van der Waals surface area contributed by atoms with Gasteiger partial charge in [-0.25, -0.2) is 0 Å². The lowest BCUT2D eigenvalue weighted by molar-refractivity contribution is 0.101. The second-order valence-electron chi connectivity index (χ2n) is 4.27. The van der Waals surface area contributed by atoms with Gasteiger partial charge in [-0.15, -0.1) is 0 Å². The Labute approximate surface area is 110 Å². The Morgan fingerprint density at radius 2 is 1.94 bits per heavy atom. The van der Waals surface area contributed by atoms with Crippen molar-refractivity contribution < 1.29 is 4.79 Å². The van der Waals surface area contributed by atoms with Crippen LogP contribution in [0.2, 0.25) is 0 Å². The molecule has 1 aromatic carbocycles. The van der Waals surface area contributed by atoms with Crippen LogP contribution < -0.4 is 0 Å². The van der Waals surface area contributed by atoms with Crippen LogP contribution in [0, 0.1) is 0 Å². The molecule has 1 heterocycles. The Kier molecular flexibility index (Phi) is 5.14. The monoisotopic (exact) mass is 245 g/mol. The zero-order valence-corrected chi connectivity index (χ0v) is 12.1. The maximum Gasteiger partial charge on any atom is 0.160 e. The molecule has 0 amide bonds. The van der Waals surface area contributed by atoms with Crippen LogP contribution >= 0.6 is 0 Å². The molecule has 2 aromatic rings. The summed E-state index contributed by atoms with van der Waals surface area (Å²) in [7, 11) is 2.03. The number of aryl methyl sites for hydroxylation is 2. The van der Waals surface area contributed by atoms with Gasteiger partial charge >= 0.3 is 0 Å². The molecule has 0 aliphatic heterocycles. The molecule has 0 aliphatic carbocycles. The quantitative estimate of drug-likeness (QED) is 0.736. The van der Waals surface area contributed by atoms with Crippen molar-refractivity contribution >= 4 is 16.7 Å². The minimum absolute atomic E-state index is 0.147. The molecule has 0 fully saturated rings. The molecule has 0 atom stereocenters. The van der Waals surface area contributed by atoms with Gasteiger partial charge in [-0.3, -0.25) is 4.79 Å². The van der Waals surface area contributed by atoms with E-state index in [1.807, 2.05) is 33.0 Å². The Morgan fingerprint density at radius 1 is 1.28 bits per heavy atom. The fraction of sp³-hybridized carbons (Fsp3) is 0.438. The van der Waals surface area contributed by atoms with Crippen molar-refractivity contribution in [1.29, 1.82) is 0 Å². The Morgan fingerprint density at radius 3 is 2.50 bits per heavy atom. The number of carbonyl (C=O) groups is 1. The largest absolute Gasteiger partial charge is 0.350 e. The molecule has 18 heavy (non-hydrogen) atoms. The van der Waals surface area contributed by atoms with Gasteiger partial charge in [-0.05, 0) is 25.0 Å². The van der Waals surface area contributed by atoms with E-state index in [-0.39, 0.29) is 5.78 Å². The van der Waals surface area contributed by atoms with Crippen LogP contribution in [0.15, 0.2) is 24.4 Å². The smallest absolute Gasteiger partial charge is 0.160 e. The van der Waals surface area contributed by atoms with E-state index in [0.29, 0.717) is 0 Å². The molecule has 0 aliphatic rings. The van der Waals surface area contributed by atoms with Crippen LogP contribution in [0.25, 0.3) is 10.9 Å². The summed E-state index contributed by atoms with van der Waals surface area (Å²) in [5.74, 6) is 0.147. The van der Waals surface area contributed by atoms with Gasteiger partial charge in [0.1, 0.15) is 0 Å². The molecule has 1 aromatic heterocycles. The third-order valence-electron chi connectivity index (χ3n) is 2.99. The zero-order chi connectivity index (χ0) is 13.7. The Bertz CT molecular complexity index is 537. The molecule has 2 nitrogen and oxygen atoms in total. The first-order valence-corrected chi connectivity index (χ1v) is 6.73. The second-order valence-corrected chi connectivity index (χ2v) is 4.27. The predicted octanol–water partition coefficient (Wildman–Crippen LogP) is 4.36. The highest BCUT2D eigenvalue weighted by Crippen LogP contribution is 2.26. The summed E-state index contributed by atoms with van der Waals surface area (Å²) in [6.07, 6.45) is 4.27. The van der Waals surface area contributed by atoms with Gasteiger partial charge < -0.3 is 4.57 Å². The lowest BCUT2D eigenvalue weighted by atomic mass is 10.0. The molecule has 0 bridgehead atoms. The van der Waals surface area contributed by atoms with Crippen LogP contribution in [-0.4, -0.2) is 10.4 Å². The van der Waals surface area contributed by atoms with Gasteiger partial charge in [-0.2, -0.15) is 0 Å². The van der Waals surface area contributed by atoms with E-state index >= 15 is 0 Å². The van der Waals surface area contributed by atoms with Crippen molar-refractivity contribution in [2.75, 3.05) is 0 Å². The zero-order valence-electron chi connectivity index (χ0n) is 12.1. The van der Waals surface area contributed by atoms with Gasteiger partial charge in [0, 0.05) is 29.7 Å². The number of hydrogen-bond donors (Lipinski definition) is 0. The van der Waals surface area contributed by atoms with Crippen molar-refractivity contribution in [1.82, 2.24) is 4.57 Å². The third-order valence-corrected chi connectivity index (χ3v) is 2.99. The van der Waals surface area contributed by atoms with Crippen LogP contribution in [0.1, 0.15) is 50.0 Å². The maximum atomic E-state index is 11.6. The standard InChI is InChI=1S/C14H17NO.C2H6/c1-4-6-11-9-15(3)13-8-5-7-12(10(2)16)14(11)13;1-2/h5,7-9H,4,6H2,1-3H3;1-2H3. The van der Waals surface area contributed by atoms with E-state index in [1.54, 1.807) is 6.92 Å². The molecule has 98 valence electrons. The molecule has 0 radical (unpaired) electrons. The molecule has 0 saturated heterocycles. The van der Waals surface area contributed by atoms with Crippen LogP contribution in [-0.2, 0) is 13.5 Å². The summed E-state index contributed by atoms with van der Waals surface area (Å²) in [6, 6.07) is 5.94. The van der Waals surface area contributed by atoms with Gasteiger partial charge in [0.25, 0.3) is 0 Å².